The van der Waals surface area contributed by atoms with E-state index in [2.05, 4.69) is 31.4 Å². The lowest BCUT2D eigenvalue weighted by atomic mass is 9.85. The molecule has 2 unspecified atom stereocenters. The predicted octanol–water partition coefficient (Wildman–Crippen LogP) is 3.36. The van der Waals surface area contributed by atoms with E-state index >= 15 is 0 Å². The molecule has 2 aromatic heterocycles. The van der Waals surface area contributed by atoms with Gasteiger partial charge in [-0.15, -0.1) is 10.2 Å². The van der Waals surface area contributed by atoms with Crippen LogP contribution >= 0.6 is 11.3 Å². The molecule has 6 rings (SSSR count). The summed E-state index contributed by atoms with van der Waals surface area (Å²) in [5, 5.41) is 25.4. The van der Waals surface area contributed by atoms with Gasteiger partial charge in [0.05, 0.1) is 16.5 Å². The third-order valence-electron chi connectivity index (χ3n) is 7.29. The maximum Gasteiger partial charge on any atom is 0.291 e. The Bertz CT molecular complexity index is 1460. The van der Waals surface area contributed by atoms with Crippen LogP contribution in [-0.2, 0) is 17.1 Å². The second-order valence-electron chi connectivity index (χ2n) is 9.73. The van der Waals surface area contributed by atoms with Crippen LogP contribution in [0.3, 0.4) is 0 Å². The first-order valence-electron chi connectivity index (χ1n) is 11.5. The molecule has 2 N–H and O–H groups in total. The SMILES string of the molecule is Cn1nc(-c2nnc(C(F)F)s2)c2cc(S(=O)(=O)NC3(C#N)CC3)cc(C3CC4CCC(C3)N4)c21. The molecular formula is C22H23F2N7O2S2. The number of sulfonamides is 1. The van der Waals surface area contributed by atoms with E-state index < -0.39 is 27.0 Å². The average molecular weight is 520 g/mol. The lowest BCUT2D eigenvalue weighted by Crippen LogP contribution is -2.37. The average Bonchev–Trinajstić information content (AvgIpc) is 3.13. The number of nitrogens with one attached hydrogen (secondary N) is 2. The van der Waals surface area contributed by atoms with Gasteiger partial charge in [-0.25, -0.2) is 17.2 Å². The van der Waals surface area contributed by atoms with Gasteiger partial charge >= 0.3 is 0 Å². The van der Waals surface area contributed by atoms with Crippen molar-refractivity contribution in [3.05, 3.63) is 22.7 Å². The fraction of sp³-hybridized carbons (Fsp3) is 0.545. The van der Waals surface area contributed by atoms with Crippen molar-refractivity contribution in [2.24, 2.45) is 7.05 Å². The number of aromatic nitrogens is 4. The van der Waals surface area contributed by atoms with Gasteiger partial charge in [0.15, 0.2) is 10.0 Å². The molecule has 184 valence electrons. The van der Waals surface area contributed by atoms with Crippen LogP contribution in [0.25, 0.3) is 21.6 Å². The standard InChI is InChI=1S/C22H23F2N7O2S2/c1-31-18-15(11-6-12-2-3-13(7-11)26-12)8-14(35(32,33)30-22(10-25)4-5-22)9-16(18)17(29-31)20-27-28-21(34-20)19(23)24/h8-9,11-13,19,26,30H,2-7H2,1H3. The highest BCUT2D eigenvalue weighted by Crippen LogP contribution is 2.43. The summed E-state index contributed by atoms with van der Waals surface area (Å²) in [6.45, 7) is 0. The molecule has 2 atom stereocenters. The Hall–Kier alpha value is -2.53. The predicted molar refractivity (Wildman–Crippen MR) is 124 cm³/mol. The van der Waals surface area contributed by atoms with E-state index in [4.69, 9.17) is 0 Å². The number of aryl methyl sites for hydroxylation is 1. The van der Waals surface area contributed by atoms with Crippen molar-refractivity contribution in [1.29, 1.82) is 5.26 Å². The first-order chi connectivity index (χ1) is 16.7. The molecule has 0 amide bonds. The lowest BCUT2D eigenvalue weighted by molar-refractivity contribution is 0.150. The van der Waals surface area contributed by atoms with Gasteiger partial charge in [0.25, 0.3) is 6.43 Å². The lowest BCUT2D eigenvalue weighted by Gasteiger charge is -2.30. The molecule has 9 nitrogen and oxygen atoms in total. The van der Waals surface area contributed by atoms with Gasteiger partial charge in [0, 0.05) is 24.5 Å². The molecule has 4 heterocycles. The molecule has 1 saturated carbocycles. The van der Waals surface area contributed by atoms with Crippen molar-refractivity contribution >= 4 is 32.3 Å². The van der Waals surface area contributed by atoms with Gasteiger partial charge in [-0.3, -0.25) is 4.68 Å². The molecule has 3 aliphatic rings. The number of nitrogens with zero attached hydrogens (tertiary/aromatic N) is 5. The Kier molecular flexibility index (Phi) is 5.23. The number of fused-ring (bicyclic) bond motifs is 3. The minimum atomic E-state index is -4.01. The zero-order valence-corrected chi connectivity index (χ0v) is 20.5. The third-order valence-corrected chi connectivity index (χ3v) is 9.74. The number of piperidine rings is 1. The van der Waals surface area contributed by atoms with Crippen molar-refractivity contribution in [3.63, 3.8) is 0 Å². The van der Waals surface area contributed by atoms with Gasteiger partial charge in [-0.05, 0) is 62.1 Å². The normalized spacial score (nSPS) is 25.3. The smallest absolute Gasteiger partial charge is 0.291 e. The molecule has 0 spiro atoms. The summed E-state index contributed by atoms with van der Waals surface area (Å²) in [7, 11) is -2.24. The van der Waals surface area contributed by atoms with Crippen molar-refractivity contribution in [2.75, 3.05) is 0 Å². The van der Waals surface area contributed by atoms with Crippen LogP contribution in [-0.4, -0.2) is 46.0 Å². The Balaban J connectivity index is 1.53. The highest BCUT2D eigenvalue weighted by molar-refractivity contribution is 7.89. The van der Waals surface area contributed by atoms with Crippen molar-refractivity contribution in [2.45, 2.75) is 73.4 Å². The monoisotopic (exact) mass is 519 g/mol. The molecule has 2 bridgehead atoms. The van der Waals surface area contributed by atoms with Crippen molar-refractivity contribution in [3.8, 4) is 16.8 Å². The largest absolute Gasteiger partial charge is 0.311 e. The molecule has 3 fully saturated rings. The molecule has 1 aromatic carbocycles. The molecule has 13 heteroatoms. The van der Waals surface area contributed by atoms with Crippen LogP contribution in [0.2, 0.25) is 0 Å². The van der Waals surface area contributed by atoms with E-state index in [-0.39, 0.29) is 15.8 Å². The van der Waals surface area contributed by atoms with Gasteiger partial charge in [-0.1, -0.05) is 11.3 Å². The third kappa shape index (κ3) is 3.92. The molecular weight excluding hydrogens is 496 g/mol. The summed E-state index contributed by atoms with van der Waals surface area (Å²) in [4.78, 5) is 0.0419. The van der Waals surface area contributed by atoms with Gasteiger partial charge in [0.2, 0.25) is 10.0 Å². The highest BCUT2D eigenvalue weighted by atomic mass is 32.2. The summed E-state index contributed by atoms with van der Waals surface area (Å²) < 4.78 is 57.4. The number of benzene rings is 1. The first-order valence-corrected chi connectivity index (χ1v) is 13.8. The molecule has 1 aliphatic carbocycles. The minimum Gasteiger partial charge on any atom is -0.311 e. The van der Waals surface area contributed by atoms with Crippen LogP contribution in [0.4, 0.5) is 8.78 Å². The van der Waals surface area contributed by atoms with E-state index in [9.17, 15) is 22.5 Å². The highest BCUT2D eigenvalue weighted by Gasteiger charge is 2.47. The van der Waals surface area contributed by atoms with Crippen LogP contribution in [0.1, 0.15) is 61.4 Å². The zero-order valence-electron chi connectivity index (χ0n) is 18.8. The van der Waals surface area contributed by atoms with Crippen LogP contribution in [0.5, 0.6) is 0 Å². The number of alkyl halides is 2. The Morgan fingerprint density at radius 2 is 1.97 bits per heavy atom. The maximum atomic E-state index is 13.4. The number of nitriles is 1. The number of hydrogen-bond donors (Lipinski definition) is 2. The van der Waals surface area contributed by atoms with Crippen molar-refractivity contribution in [1.82, 2.24) is 30.0 Å². The fourth-order valence-corrected chi connectivity index (χ4v) is 7.59. The molecule has 3 aromatic rings. The summed E-state index contributed by atoms with van der Waals surface area (Å²) in [5.41, 5.74) is 0.886. The minimum absolute atomic E-state index is 0.0419. The maximum absolute atomic E-state index is 13.4. The molecule has 0 radical (unpaired) electrons. The first kappa shape index (κ1) is 22.9. The number of hydrogen-bond acceptors (Lipinski definition) is 8. The van der Waals surface area contributed by atoms with E-state index in [0.717, 1.165) is 48.1 Å². The zero-order chi connectivity index (χ0) is 24.5. The summed E-state index contributed by atoms with van der Waals surface area (Å²) in [6, 6.07) is 6.03. The van der Waals surface area contributed by atoms with Gasteiger partial charge in [-0.2, -0.15) is 15.1 Å². The van der Waals surface area contributed by atoms with E-state index in [1.807, 2.05) is 0 Å². The van der Waals surface area contributed by atoms with Crippen LogP contribution in [0, 0.1) is 11.3 Å². The Morgan fingerprint density at radius 3 is 2.57 bits per heavy atom. The number of halogens is 2. The topological polar surface area (TPSA) is 126 Å². The van der Waals surface area contributed by atoms with Crippen LogP contribution < -0.4 is 10.0 Å². The van der Waals surface area contributed by atoms with E-state index in [1.54, 1.807) is 17.8 Å². The molecule has 2 aliphatic heterocycles. The molecule has 35 heavy (non-hydrogen) atoms. The van der Waals surface area contributed by atoms with E-state index in [0.29, 0.717) is 36.0 Å². The van der Waals surface area contributed by atoms with E-state index in [1.165, 1.54) is 6.07 Å². The Morgan fingerprint density at radius 1 is 1.26 bits per heavy atom. The second kappa shape index (κ2) is 7.99. The van der Waals surface area contributed by atoms with Gasteiger partial charge < -0.3 is 5.32 Å². The molecule has 2 saturated heterocycles. The summed E-state index contributed by atoms with van der Waals surface area (Å²) in [6.07, 6.45) is 2.11. The second-order valence-corrected chi connectivity index (χ2v) is 12.4. The van der Waals surface area contributed by atoms with Gasteiger partial charge in [0.1, 0.15) is 11.2 Å². The fourth-order valence-electron chi connectivity index (χ4n) is 5.46. The quantitative estimate of drug-likeness (QED) is 0.511. The Labute approximate surface area is 204 Å². The summed E-state index contributed by atoms with van der Waals surface area (Å²) in [5.74, 6) is 0.117. The summed E-state index contributed by atoms with van der Waals surface area (Å²) >= 11 is 0.745. The van der Waals surface area contributed by atoms with Crippen molar-refractivity contribution < 1.29 is 17.2 Å². The number of rotatable bonds is 6. The van der Waals surface area contributed by atoms with Crippen LogP contribution in [0.15, 0.2) is 17.0 Å².